The van der Waals surface area contributed by atoms with E-state index in [1.165, 1.54) is 14.1 Å². The van der Waals surface area contributed by atoms with Gasteiger partial charge in [-0.3, -0.25) is 0 Å². The Labute approximate surface area is 142 Å². The van der Waals surface area contributed by atoms with Crippen LogP contribution in [0.15, 0.2) is 18.2 Å². The summed E-state index contributed by atoms with van der Waals surface area (Å²) in [4.78, 5) is 22.6. The molecule has 0 aliphatic carbocycles. The molecule has 0 aromatic heterocycles. The molecule has 24 heavy (non-hydrogen) atoms. The Bertz CT molecular complexity index is 560. The maximum atomic E-state index is 11.4. The number of amides is 2. The number of aryl methyl sites for hydroxylation is 1. The first-order chi connectivity index (χ1) is 11.4. The Kier molecular flexibility index (Phi) is 7.88. The van der Waals surface area contributed by atoms with Crippen LogP contribution >= 0.6 is 0 Å². The lowest BCUT2D eigenvalue weighted by atomic mass is 10.0. The molecule has 1 aromatic carbocycles. The number of carbonyl (C=O) groups is 2. The summed E-state index contributed by atoms with van der Waals surface area (Å²) < 4.78 is 16.0. The molecule has 1 unspecified atom stereocenters. The number of alkyl carbamates (subject to hydrolysis) is 2. The van der Waals surface area contributed by atoms with Crippen LogP contribution in [0.2, 0.25) is 0 Å². The molecule has 0 heterocycles. The van der Waals surface area contributed by atoms with Gasteiger partial charge in [0.1, 0.15) is 19.0 Å². The number of rotatable bonds is 7. The minimum atomic E-state index is -0.720. The van der Waals surface area contributed by atoms with Gasteiger partial charge < -0.3 is 24.8 Å². The second kappa shape index (κ2) is 9.64. The highest BCUT2D eigenvalue weighted by molar-refractivity contribution is 5.67. The van der Waals surface area contributed by atoms with E-state index < -0.39 is 18.3 Å². The van der Waals surface area contributed by atoms with Crippen LogP contribution in [0, 0.1) is 6.92 Å². The van der Waals surface area contributed by atoms with Crippen molar-refractivity contribution in [1.82, 2.24) is 10.6 Å². The topological polar surface area (TPSA) is 85.9 Å². The first-order valence-electron chi connectivity index (χ1n) is 7.83. The van der Waals surface area contributed by atoms with E-state index >= 15 is 0 Å². The molecular formula is C17H26N2O5. The van der Waals surface area contributed by atoms with Gasteiger partial charge in [0.05, 0.1) is 0 Å². The summed E-state index contributed by atoms with van der Waals surface area (Å²) in [6.07, 6.45) is -1.93. The molecule has 7 nitrogen and oxygen atoms in total. The molecule has 1 rings (SSSR count). The van der Waals surface area contributed by atoms with Crippen LogP contribution in [0.3, 0.4) is 0 Å². The molecule has 0 saturated carbocycles. The summed E-state index contributed by atoms with van der Waals surface area (Å²) >= 11 is 0. The Morgan fingerprint density at radius 3 is 2.33 bits per heavy atom. The fourth-order valence-corrected chi connectivity index (χ4v) is 1.99. The smallest absolute Gasteiger partial charge is 0.407 e. The average Bonchev–Trinajstić information content (AvgIpc) is 2.56. The first-order valence-corrected chi connectivity index (χ1v) is 7.83. The molecule has 2 amide bonds. The third-order valence-corrected chi connectivity index (χ3v) is 3.30. The van der Waals surface area contributed by atoms with Crippen molar-refractivity contribution in [1.29, 1.82) is 0 Å². The predicted molar refractivity (Wildman–Crippen MR) is 90.5 cm³/mol. The van der Waals surface area contributed by atoms with Gasteiger partial charge in [0.25, 0.3) is 0 Å². The molecule has 0 radical (unpaired) electrons. The minimum absolute atomic E-state index is 0.0770. The molecule has 0 aliphatic rings. The van der Waals surface area contributed by atoms with Crippen molar-refractivity contribution in [3.05, 3.63) is 29.3 Å². The highest BCUT2D eigenvalue weighted by atomic mass is 16.6. The fourth-order valence-electron chi connectivity index (χ4n) is 1.99. The van der Waals surface area contributed by atoms with Gasteiger partial charge in [0.2, 0.25) is 0 Å². The van der Waals surface area contributed by atoms with E-state index in [4.69, 9.17) is 14.2 Å². The third kappa shape index (κ3) is 6.36. The van der Waals surface area contributed by atoms with Crippen LogP contribution < -0.4 is 15.4 Å². The van der Waals surface area contributed by atoms with E-state index in [-0.39, 0.29) is 13.2 Å². The van der Waals surface area contributed by atoms with Gasteiger partial charge in [-0.25, -0.2) is 9.59 Å². The second-order valence-corrected chi connectivity index (χ2v) is 5.63. The van der Waals surface area contributed by atoms with Crippen LogP contribution in [-0.2, 0) is 9.47 Å². The molecule has 1 atom stereocenters. The van der Waals surface area contributed by atoms with Crippen molar-refractivity contribution in [2.75, 3.05) is 27.3 Å². The van der Waals surface area contributed by atoms with Crippen LogP contribution in [0.1, 0.15) is 30.9 Å². The SMILES string of the molecule is CNC(=O)OCC(COc1cc(C)ccc1C(C)C)OC(=O)NC. The standard InChI is InChI=1S/C17H26N2O5/c1-11(2)14-7-6-12(3)8-15(14)22-9-13(24-17(21)19-5)10-23-16(20)18-4/h6-8,11,13H,9-10H2,1-5H3,(H,18,20)(H,19,21). The number of hydrogen-bond acceptors (Lipinski definition) is 5. The maximum Gasteiger partial charge on any atom is 0.407 e. The summed E-state index contributed by atoms with van der Waals surface area (Å²) in [5, 5.41) is 4.70. The molecule has 0 saturated heterocycles. The van der Waals surface area contributed by atoms with Gasteiger partial charge in [0, 0.05) is 14.1 Å². The van der Waals surface area contributed by atoms with Gasteiger partial charge >= 0.3 is 12.2 Å². The Morgan fingerprint density at radius 2 is 1.75 bits per heavy atom. The highest BCUT2D eigenvalue weighted by Crippen LogP contribution is 2.27. The quantitative estimate of drug-likeness (QED) is 0.798. The largest absolute Gasteiger partial charge is 0.489 e. The second-order valence-electron chi connectivity index (χ2n) is 5.63. The van der Waals surface area contributed by atoms with E-state index in [2.05, 4.69) is 24.5 Å². The highest BCUT2D eigenvalue weighted by Gasteiger charge is 2.18. The molecule has 0 fully saturated rings. The minimum Gasteiger partial charge on any atom is -0.489 e. The third-order valence-electron chi connectivity index (χ3n) is 3.30. The molecule has 2 N–H and O–H groups in total. The molecule has 0 bridgehead atoms. The van der Waals surface area contributed by atoms with Crippen molar-refractivity contribution >= 4 is 12.2 Å². The summed E-state index contributed by atoms with van der Waals surface area (Å²) in [7, 11) is 2.91. The Balaban J connectivity index is 2.77. The van der Waals surface area contributed by atoms with Crippen LogP contribution in [0.5, 0.6) is 5.75 Å². The van der Waals surface area contributed by atoms with Crippen LogP contribution in [-0.4, -0.2) is 45.6 Å². The molecule has 0 aliphatic heterocycles. The number of carbonyl (C=O) groups excluding carboxylic acids is 2. The first kappa shape index (κ1) is 19.6. The van der Waals surface area contributed by atoms with Gasteiger partial charge in [-0.2, -0.15) is 0 Å². The van der Waals surface area contributed by atoms with E-state index in [1.807, 2.05) is 25.1 Å². The van der Waals surface area contributed by atoms with E-state index in [0.717, 1.165) is 16.9 Å². The molecule has 134 valence electrons. The Morgan fingerprint density at radius 1 is 1.08 bits per heavy atom. The van der Waals surface area contributed by atoms with Gasteiger partial charge in [-0.15, -0.1) is 0 Å². The summed E-state index contributed by atoms with van der Waals surface area (Å²) in [5.74, 6) is 1.02. The monoisotopic (exact) mass is 338 g/mol. The normalized spacial score (nSPS) is 11.6. The number of benzene rings is 1. The van der Waals surface area contributed by atoms with Gasteiger partial charge in [-0.1, -0.05) is 26.0 Å². The molecule has 1 aromatic rings. The van der Waals surface area contributed by atoms with Gasteiger partial charge in [-0.05, 0) is 30.0 Å². The van der Waals surface area contributed by atoms with Crippen LogP contribution in [0.4, 0.5) is 9.59 Å². The maximum absolute atomic E-state index is 11.4. The summed E-state index contributed by atoms with van der Waals surface area (Å²) in [6, 6.07) is 5.98. The van der Waals surface area contributed by atoms with E-state index in [9.17, 15) is 9.59 Å². The average molecular weight is 338 g/mol. The van der Waals surface area contributed by atoms with E-state index in [1.54, 1.807) is 0 Å². The zero-order valence-electron chi connectivity index (χ0n) is 14.8. The van der Waals surface area contributed by atoms with Crippen molar-refractivity contribution < 1.29 is 23.8 Å². The fraction of sp³-hybridized carbons (Fsp3) is 0.529. The van der Waals surface area contributed by atoms with Crippen molar-refractivity contribution in [2.45, 2.75) is 32.8 Å². The number of hydrogen-bond donors (Lipinski definition) is 2. The zero-order chi connectivity index (χ0) is 18.1. The number of ether oxygens (including phenoxy) is 3. The van der Waals surface area contributed by atoms with Crippen molar-refractivity contribution in [2.24, 2.45) is 0 Å². The van der Waals surface area contributed by atoms with Crippen molar-refractivity contribution in [3.63, 3.8) is 0 Å². The summed E-state index contributed by atoms with van der Waals surface area (Å²) in [6.45, 7) is 6.10. The summed E-state index contributed by atoms with van der Waals surface area (Å²) in [5.41, 5.74) is 2.13. The Hall–Kier alpha value is -2.44. The van der Waals surface area contributed by atoms with Gasteiger partial charge in [0.15, 0.2) is 6.10 Å². The number of nitrogens with one attached hydrogen (secondary N) is 2. The molecule has 7 heteroatoms. The van der Waals surface area contributed by atoms with Crippen molar-refractivity contribution in [3.8, 4) is 5.75 Å². The van der Waals surface area contributed by atoms with E-state index in [0.29, 0.717) is 5.92 Å². The zero-order valence-corrected chi connectivity index (χ0v) is 14.8. The lowest BCUT2D eigenvalue weighted by Gasteiger charge is -2.20. The molecule has 0 spiro atoms. The molecular weight excluding hydrogens is 312 g/mol. The predicted octanol–water partition coefficient (Wildman–Crippen LogP) is 2.58. The lowest BCUT2D eigenvalue weighted by molar-refractivity contribution is 0.0208. The lowest BCUT2D eigenvalue weighted by Crippen LogP contribution is -2.35. The van der Waals surface area contributed by atoms with Crippen LogP contribution in [0.25, 0.3) is 0 Å².